The highest BCUT2D eigenvalue weighted by molar-refractivity contribution is 6.46. The van der Waals surface area contributed by atoms with Gasteiger partial charge in [-0.1, -0.05) is 62.2 Å². The Hall–Kier alpha value is -3.12. The van der Waals surface area contributed by atoms with E-state index in [1.165, 1.54) is 4.90 Å². The van der Waals surface area contributed by atoms with Crippen molar-refractivity contribution in [2.24, 2.45) is 0 Å². The fourth-order valence-corrected chi connectivity index (χ4v) is 3.71. The van der Waals surface area contributed by atoms with Gasteiger partial charge >= 0.3 is 0 Å². The predicted molar refractivity (Wildman–Crippen MR) is 119 cm³/mol. The summed E-state index contributed by atoms with van der Waals surface area (Å²) in [7, 11) is 1.54. The number of ketones is 1. The molecule has 164 valence electrons. The second-order valence-corrected chi connectivity index (χ2v) is 7.48. The first-order chi connectivity index (χ1) is 15.1. The molecule has 0 radical (unpaired) electrons. The number of rotatable bonds is 10. The summed E-state index contributed by atoms with van der Waals surface area (Å²) in [5.41, 5.74) is 1.28. The number of unbranched alkanes of at least 4 members (excludes halogenated alkanes) is 2. The molecular weight excluding hydrogens is 394 g/mol. The Balaban J connectivity index is 2.01. The minimum atomic E-state index is -0.713. The highest BCUT2D eigenvalue weighted by Gasteiger charge is 2.45. The van der Waals surface area contributed by atoms with Crippen molar-refractivity contribution >= 4 is 17.4 Å². The van der Waals surface area contributed by atoms with Crippen LogP contribution in [0.25, 0.3) is 5.76 Å². The van der Waals surface area contributed by atoms with Crippen LogP contribution in [0.3, 0.4) is 0 Å². The first-order valence-electron chi connectivity index (χ1n) is 10.6. The molecule has 1 saturated heterocycles. The zero-order valence-electron chi connectivity index (χ0n) is 18.0. The smallest absolute Gasteiger partial charge is 0.295 e. The number of benzene rings is 2. The van der Waals surface area contributed by atoms with E-state index in [-0.39, 0.29) is 24.5 Å². The second kappa shape index (κ2) is 10.8. The van der Waals surface area contributed by atoms with Crippen LogP contribution in [0.5, 0.6) is 5.75 Å². The lowest BCUT2D eigenvalue weighted by molar-refractivity contribution is -0.140. The quantitative estimate of drug-likeness (QED) is 0.267. The maximum absolute atomic E-state index is 12.9. The summed E-state index contributed by atoms with van der Waals surface area (Å²) in [6, 6.07) is 15.4. The molecule has 2 aromatic carbocycles. The maximum Gasteiger partial charge on any atom is 0.295 e. The maximum atomic E-state index is 12.9. The summed E-state index contributed by atoms with van der Waals surface area (Å²) < 4.78 is 11.0. The standard InChI is InChI=1S/C25H29NO5/c1-3-4-8-15-31-20-13-9-12-19(17-20)22-21(23(27)18-10-6-5-7-11-18)24(28)25(29)26(22)14-16-30-2/h5-7,9-13,17,22,27H,3-4,8,14-16H2,1-2H3. The topological polar surface area (TPSA) is 76.1 Å². The van der Waals surface area contributed by atoms with E-state index >= 15 is 0 Å². The molecule has 0 spiro atoms. The molecule has 1 N–H and O–H groups in total. The summed E-state index contributed by atoms with van der Waals surface area (Å²) in [4.78, 5) is 27.2. The summed E-state index contributed by atoms with van der Waals surface area (Å²) in [5.74, 6) is -0.853. The molecule has 3 rings (SSSR count). The SMILES string of the molecule is CCCCCOc1cccc(C2C(=C(O)c3ccccc3)C(=O)C(=O)N2CCOC)c1. The number of Topliss-reactive ketones (excluding diaryl/α,β-unsaturated/α-hetero) is 1. The van der Waals surface area contributed by atoms with Gasteiger partial charge in [0.25, 0.3) is 11.7 Å². The number of likely N-dealkylation sites (tertiary alicyclic amines) is 1. The normalized spacial score (nSPS) is 17.9. The lowest BCUT2D eigenvalue weighted by atomic mass is 9.95. The first kappa shape index (κ1) is 22.6. The Bertz CT molecular complexity index is 938. The summed E-state index contributed by atoms with van der Waals surface area (Å²) >= 11 is 0. The Labute approximate surface area is 183 Å². The van der Waals surface area contributed by atoms with Crippen LogP contribution in [0.2, 0.25) is 0 Å². The average Bonchev–Trinajstić information content (AvgIpc) is 3.05. The van der Waals surface area contributed by atoms with Gasteiger partial charge in [0.2, 0.25) is 0 Å². The van der Waals surface area contributed by atoms with E-state index in [2.05, 4.69) is 6.92 Å². The van der Waals surface area contributed by atoms with Crippen LogP contribution in [0.1, 0.15) is 43.4 Å². The van der Waals surface area contributed by atoms with Gasteiger partial charge in [-0.3, -0.25) is 9.59 Å². The molecule has 1 fully saturated rings. The number of hydrogen-bond acceptors (Lipinski definition) is 5. The average molecular weight is 424 g/mol. The largest absolute Gasteiger partial charge is 0.507 e. The number of methoxy groups -OCH3 is 1. The predicted octanol–water partition coefficient (Wildman–Crippen LogP) is 4.32. The first-order valence-corrected chi connectivity index (χ1v) is 10.6. The van der Waals surface area contributed by atoms with E-state index in [0.717, 1.165) is 19.3 Å². The zero-order valence-corrected chi connectivity index (χ0v) is 18.0. The van der Waals surface area contributed by atoms with Crippen molar-refractivity contribution in [1.82, 2.24) is 4.90 Å². The van der Waals surface area contributed by atoms with Crippen molar-refractivity contribution in [3.63, 3.8) is 0 Å². The van der Waals surface area contributed by atoms with E-state index in [0.29, 0.717) is 23.5 Å². The summed E-state index contributed by atoms with van der Waals surface area (Å²) in [6.07, 6.45) is 3.16. The summed E-state index contributed by atoms with van der Waals surface area (Å²) in [5, 5.41) is 11.0. The molecule has 1 atom stereocenters. The molecule has 0 aliphatic carbocycles. The molecule has 0 saturated carbocycles. The van der Waals surface area contributed by atoms with Gasteiger partial charge in [-0.05, 0) is 24.1 Å². The lowest BCUT2D eigenvalue weighted by Crippen LogP contribution is -2.32. The van der Waals surface area contributed by atoms with E-state index in [1.54, 1.807) is 31.4 Å². The molecule has 31 heavy (non-hydrogen) atoms. The van der Waals surface area contributed by atoms with Gasteiger partial charge in [0.1, 0.15) is 11.5 Å². The molecule has 6 heteroatoms. The third kappa shape index (κ3) is 5.14. The molecule has 0 aromatic heterocycles. The molecule has 1 aliphatic rings. The van der Waals surface area contributed by atoms with Gasteiger partial charge in [0.15, 0.2) is 0 Å². The number of amides is 1. The molecule has 6 nitrogen and oxygen atoms in total. The monoisotopic (exact) mass is 423 g/mol. The summed E-state index contributed by atoms with van der Waals surface area (Å²) in [6.45, 7) is 3.25. The van der Waals surface area contributed by atoms with Crippen LogP contribution in [0.15, 0.2) is 60.2 Å². The van der Waals surface area contributed by atoms with Crippen LogP contribution in [-0.2, 0) is 14.3 Å². The number of aliphatic hydroxyl groups excluding tert-OH is 1. The van der Waals surface area contributed by atoms with E-state index in [4.69, 9.17) is 9.47 Å². The number of aliphatic hydroxyl groups is 1. The Morgan fingerprint density at radius 1 is 1.03 bits per heavy atom. The van der Waals surface area contributed by atoms with Crippen LogP contribution < -0.4 is 4.74 Å². The van der Waals surface area contributed by atoms with E-state index in [9.17, 15) is 14.7 Å². The van der Waals surface area contributed by atoms with Gasteiger partial charge < -0.3 is 19.5 Å². The van der Waals surface area contributed by atoms with Crippen molar-refractivity contribution in [3.05, 3.63) is 71.3 Å². The highest BCUT2D eigenvalue weighted by Crippen LogP contribution is 2.40. The minimum Gasteiger partial charge on any atom is -0.507 e. The van der Waals surface area contributed by atoms with Gasteiger partial charge in [-0.15, -0.1) is 0 Å². The van der Waals surface area contributed by atoms with Gasteiger partial charge in [0, 0.05) is 19.2 Å². The highest BCUT2D eigenvalue weighted by atomic mass is 16.5. The van der Waals surface area contributed by atoms with Crippen molar-refractivity contribution in [3.8, 4) is 5.75 Å². The minimum absolute atomic E-state index is 0.0791. The Kier molecular flexibility index (Phi) is 7.84. The van der Waals surface area contributed by atoms with Gasteiger partial charge in [-0.2, -0.15) is 0 Å². The van der Waals surface area contributed by atoms with Crippen LogP contribution in [0.4, 0.5) is 0 Å². The molecule has 1 amide bonds. The van der Waals surface area contributed by atoms with Gasteiger partial charge in [-0.25, -0.2) is 0 Å². The number of hydrogen-bond donors (Lipinski definition) is 1. The lowest BCUT2D eigenvalue weighted by Gasteiger charge is -2.25. The molecule has 1 heterocycles. The van der Waals surface area contributed by atoms with Crippen molar-refractivity contribution in [2.45, 2.75) is 32.2 Å². The zero-order chi connectivity index (χ0) is 22.2. The molecule has 1 aliphatic heterocycles. The van der Waals surface area contributed by atoms with Crippen molar-refractivity contribution in [1.29, 1.82) is 0 Å². The van der Waals surface area contributed by atoms with Crippen molar-refractivity contribution in [2.75, 3.05) is 26.9 Å². The molecule has 1 unspecified atom stereocenters. The number of carbonyl (C=O) groups excluding carboxylic acids is 2. The fraction of sp³-hybridized carbons (Fsp3) is 0.360. The van der Waals surface area contributed by atoms with E-state index < -0.39 is 17.7 Å². The Morgan fingerprint density at radius 3 is 2.52 bits per heavy atom. The van der Waals surface area contributed by atoms with Gasteiger partial charge in [0.05, 0.1) is 24.8 Å². The molecule has 0 bridgehead atoms. The molecule has 2 aromatic rings. The third-order valence-electron chi connectivity index (χ3n) is 5.31. The molecular formula is C25H29NO5. The van der Waals surface area contributed by atoms with Crippen LogP contribution in [-0.4, -0.2) is 48.6 Å². The van der Waals surface area contributed by atoms with Crippen LogP contribution in [0, 0.1) is 0 Å². The van der Waals surface area contributed by atoms with Crippen LogP contribution >= 0.6 is 0 Å². The second-order valence-electron chi connectivity index (χ2n) is 7.48. The number of ether oxygens (including phenoxy) is 2. The number of carbonyl (C=O) groups is 2. The third-order valence-corrected chi connectivity index (χ3v) is 5.31. The van der Waals surface area contributed by atoms with Crippen molar-refractivity contribution < 1.29 is 24.2 Å². The number of nitrogens with zero attached hydrogens (tertiary/aromatic N) is 1. The Morgan fingerprint density at radius 2 is 1.81 bits per heavy atom. The van der Waals surface area contributed by atoms with E-state index in [1.807, 2.05) is 30.3 Å². The fourth-order valence-electron chi connectivity index (χ4n) is 3.71.